The number of carboxylic acid groups (broad SMARTS) is 1. The number of hydrogen-bond donors (Lipinski definition) is 3. The van der Waals surface area contributed by atoms with Gasteiger partial charge in [-0.05, 0) is 6.92 Å². The van der Waals surface area contributed by atoms with Crippen molar-refractivity contribution in [2.24, 2.45) is 0 Å². The van der Waals surface area contributed by atoms with E-state index in [4.69, 9.17) is 14.9 Å². The molecule has 0 aromatic rings. The molecule has 0 amide bonds. The lowest BCUT2D eigenvalue weighted by Crippen LogP contribution is -2.33. The first-order valence-electron chi connectivity index (χ1n) is 3.11. The molecule has 2 atom stereocenters. The van der Waals surface area contributed by atoms with E-state index in [9.17, 15) is 9.36 Å². The molecule has 0 bridgehead atoms. The van der Waals surface area contributed by atoms with Crippen LogP contribution in [0.2, 0.25) is 0 Å². The lowest BCUT2D eigenvalue weighted by Gasteiger charge is -2.19. The van der Waals surface area contributed by atoms with Gasteiger partial charge in [-0.2, -0.15) is 0 Å². The van der Waals surface area contributed by atoms with Crippen LogP contribution < -0.4 is 0 Å². The molecule has 0 radical (unpaired) electrons. The molecule has 0 aliphatic carbocycles. The molecule has 0 aliphatic rings. The van der Waals surface area contributed by atoms with Gasteiger partial charge in [0.15, 0.2) is 6.10 Å². The van der Waals surface area contributed by atoms with Gasteiger partial charge < -0.3 is 19.6 Å². The first kappa shape index (κ1) is 11.6. The van der Waals surface area contributed by atoms with E-state index < -0.39 is 25.3 Å². The van der Waals surface area contributed by atoms with Gasteiger partial charge in [0.2, 0.25) is 0 Å². The normalized spacial score (nSPS) is 17.0. The minimum absolute atomic E-state index is 1.09. The number of hydrogen-bond acceptors (Lipinski definition) is 3. The van der Waals surface area contributed by atoms with Crippen molar-refractivity contribution in [1.29, 1.82) is 0 Å². The molecule has 0 spiro atoms. The van der Waals surface area contributed by atoms with Gasteiger partial charge in [0.05, 0.1) is 5.66 Å². The zero-order chi connectivity index (χ0) is 9.94. The topological polar surface area (TPSA) is 104 Å². The predicted octanol–water partition coefficient (Wildman–Crippen LogP) is -0.348. The third kappa shape index (κ3) is 2.91. The van der Waals surface area contributed by atoms with E-state index in [0.29, 0.717) is 0 Å². The molecule has 0 aromatic heterocycles. The van der Waals surface area contributed by atoms with Crippen molar-refractivity contribution < 1.29 is 29.0 Å². The van der Waals surface area contributed by atoms with E-state index in [1.165, 1.54) is 0 Å². The quantitative estimate of drug-likeness (QED) is 0.533. The highest BCUT2D eigenvalue weighted by Crippen LogP contribution is 2.43. The third-order valence-electron chi connectivity index (χ3n) is 1.47. The summed E-state index contributed by atoms with van der Waals surface area (Å²) in [6.45, 7) is 1.13. The monoisotopic (exact) mass is 198 g/mol. The first-order valence-corrected chi connectivity index (χ1v) is 4.79. The van der Waals surface area contributed by atoms with Crippen LogP contribution in [0.15, 0.2) is 0 Å². The highest BCUT2D eigenvalue weighted by atomic mass is 31.2. The number of carboxylic acids is 1. The first-order chi connectivity index (χ1) is 5.30. The Bertz CT molecular complexity index is 208. The Morgan fingerprint density at radius 1 is 1.50 bits per heavy atom. The lowest BCUT2D eigenvalue weighted by molar-refractivity contribution is -0.148. The molecule has 0 heterocycles. The predicted molar refractivity (Wildman–Crippen MR) is 39.9 cm³/mol. The van der Waals surface area contributed by atoms with Crippen LogP contribution in [-0.2, 0) is 14.1 Å². The zero-order valence-corrected chi connectivity index (χ0v) is 7.56. The van der Waals surface area contributed by atoms with E-state index >= 15 is 0 Å². The summed E-state index contributed by atoms with van der Waals surface area (Å²) in [5.41, 5.74) is -1.33. The number of rotatable bonds is 4. The molecule has 0 aromatic carbocycles. The van der Waals surface area contributed by atoms with Crippen LogP contribution >= 0.6 is 7.60 Å². The maximum Gasteiger partial charge on any atom is 0.333 e. The molecule has 7 heteroatoms. The molecule has 0 fully saturated rings. The largest absolute Gasteiger partial charge is 0.479 e. The van der Waals surface area contributed by atoms with Crippen LogP contribution in [0.5, 0.6) is 0 Å². The van der Waals surface area contributed by atoms with Gasteiger partial charge in [-0.1, -0.05) is 0 Å². The second-order valence-corrected chi connectivity index (χ2v) is 4.32. The fourth-order valence-corrected chi connectivity index (χ4v) is 1.28. The van der Waals surface area contributed by atoms with Crippen LogP contribution in [0.4, 0.5) is 0 Å². The Morgan fingerprint density at radius 2 is 1.92 bits per heavy atom. The molecule has 0 saturated carbocycles. The van der Waals surface area contributed by atoms with Crippen molar-refractivity contribution in [3.05, 3.63) is 0 Å². The summed E-state index contributed by atoms with van der Waals surface area (Å²) in [4.78, 5) is 27.6. The van der Waals surface area contributed by atoms with Crippen molar-refractivity contribution in [3.63, 3.8) is 0 Å². The van der Waals surface area contributed by atoms with Gasteiger partial charge in [-0.15, -0.1) is 0 Å². The molecular formula is C5H11O6P. The highest BCUT2D eigenvalue weighted by Gasteiger charge is 2.36. The average Bonchev–Trinajstić information content (AvgIpc) is 1.86. The molecular weight excluding hydrogens is 187 g/mol. The van der Waals surface area contributed by atoms with Gasteiger partial charge in [-0.3, -0.25) is 4.57 Å². The Morgan fingerprint density at radius 3 is 2.00 bits per heavy atom. The Kier molecular flexibility index (Phi) is 3.86. The molecule has 12 heavy (non-hydrogen) atoms. The second kappa shape index (κ2) is 4.00. The summed E-state index contributed by atoms with van der Waals surface area (Å²) in [5, 5.41) is 8.44. The minimum Gasteiger partial charge on any atom is -0.479 e. The highest BCUT2D eigenvalue weighted by molar-refractivity contribution is 7.52. The SMILES string of the molecule is COC(C(=O)O)C(C)P(=O)(O)O. The maximum absolute atomic E-state index is 10.6. The smallest absolute Gasteiger partial charge is 0.333 e. The van der Waals surface area contributed by atoms with Crippen molar-refractivity contribution >= 4 is 13.6 Å². The van der Waals surface area contributed by atoms with Crippen molar-refractivity contribution in [2.45, 2.75) is 18.7 Å². The van der Waals surface area contributed by atoms with Crippen molar-refractivity contribution in [2.75, 3.05) is 7.11 Å². The lowest BCUT2D eigenvalue weighted by atomic mass is 10.3. The number of carbonyl (C=O) groups is 1. The summed E-state index contributed by atoms with van der Waals surface area (Å²) in [5.74, 6) is -1.38. The molecule has 3 N–H and O–H groups in total. The van der Waals surface area contributed by atoms with Gasteiger partial charge in [0.25, 0.3) is 0 Å². The van der Waals surface area contributed by atoms with Gasteiger partial charge in [-0.25, -0.2) is 4.79 Å². The van der Waals surface area contributed by atoms with Gasteiger partial charge in [0.1, 0.15) is 0 Å². The summed E-state index contributed by atoms with van der Waals surface area (Å²) in [6.07, 6.45) is -1.47. The average molecular weight is 198 g/mol. The van der Waals surface area contributed by atoms with Gasteiger partial charge in [0, 0.05) is 7.11 Å². The molecule has 2 unspecified atom stereocenters. The third-order valence-corrected chi connectivity index (χ3v) is 2.80. The van der Waals surface area contributed by atoms with Gasteiger partial charge >= 0.3 is 13.6 Å². The summed E-state index contributed by atoms with van der Waals surface area (Å²) < 4.78 is 15.0. The zero-order valence-electron chi connectivity index (χ0n) is 6.67. The maximum atomic E-state index is 10.6. The summed E-state index contributed by atoms with van der Waals surface area (Å²) in [6, 6.07) is 0. The fraction of sp³-hybridized carbons (Fsp3) is 0.800. The standard InChI is InChI=1S/C5H11O6P/c1-3(12(8,9)10)4(11-2)5(6)7/h3-4H,1-2H3,(H,6,7)(H2,8,9,10). The Balaban J connectivity index is 4.54. The fourth-order valence-electron chi connectivity index (χ4n) is 0.680. The Labute approximate surface area is 69.3 Å². The van der Waals surface area contributed by atoms with Crippen LogP contribution in [-0.4, -0.2) is 39.7 Å². The van der Waals surface area contributed by atoms with Crippen molar-refractivity contribution in [3.8, 4) is 0 Å². The number of aliphatic carboxylic acids is 1. The molecule has 72 valence electrons. The second-order valence-electron chi connectivity index (χ2n) is 2.32. The van der Waals surface area contributed by atoms with Crippen LogP contribution in [0, 0.1) is 0 Å². The van der Waals surface area contributed by atoms with Crippen LogP contribution in [0.25, 0.3) is 0 Å². The minimum atomic E-state index is -4.39. The van der Waals surface area contributed by atoms with Crippen molar-refractivity contribution in [1.82, 2.24) is 0 Å². The van der Waals surface area contributed by atoms with Crippen LogP contribution in [0.3, 0.4) is 0 Å². The molecule has 0 saturated heterocycles. The summed E-state index contributed by atoms with van der Waals surface area (Å²) in [7, 11) is -3.30. The molecule has 0 rings (SSSR count). The molecule has 0 aliphatic heterocycles. The van der Waals surface area contributed by atoms with E-state index in [1.54, 1.807) is 0 Å². The summed E-state index contributed by atoms with van der Waals surface area (Å²) >= 11 is 0. The Hall–Kier alpha value is -0.420. The van der Waals surface area contributed by atoms with E-state index in [2.05, 4.69) is 4.74 Å². The number of ether oxygens (including phenoxy) is 1. The van der Waals surface area contributed by atoms with E-state index in [0.717, 1.165) is 14.0 Å². The number of methoxy groups -OCH3 is 1. The van der Waals surface area contributed by atoms with E-state index in [1.807, 2.05) is 0 Å². The molecule has 6 nitrogen and oxygen atoms in total. The van der Waals surface area contributed by atoms with Crippen LogP contribution in [0.1, 0.15) is 6.92 Å². The van der Waals surface area contributed by atoms with E-state index in [-0.39, 0.29) is 0 Å².